The molecule has 0 aliphatic carbocycles. The summed E-state index contributed by atoms with van der Waals surface area (Å²) in [7, 11) is 1.48. The predicted octanol–water partition coefficient (Wildman–Crippen LogP) is 2.64. The monoisotopic (exact) mass is 371 g/mol. The number of hydrogen-bond donors (Lipinski definition) is 1. The number of nitrogens with one attached hydrogen (secondary N) is 1. The lowest BCUT2D eigenvalue weighted by Crippen LogP contribution is -2.44. The quantitative estimate of drug-likeness (QED) is 0.658. The highest BCUT2D eigenvalue weighted by Crippen LogP contribution is 2.31. The van der Waals surface area contributed by atoms with E-state index in [1.54, 1.807) is 54.9 Å². The van der Waals surface area contributed by atoms with Crippen LogP contribution in [0.3, 0.4) is 0 Å². The molecule has 0 bridgehead atoms. The van der Waals surface area contributed by atoms with Gasteiger partial charge in [0.2, 0.25) is 0 Å². The lowest BCUT2D eigenvalue weighted by molar-refractivity contribution is -0.123. The smallest absolute Gasteiger partial charge is 0.285 e. The van der Waals surface area contributed by atoms with Crippen LogP contribution in [0.1, 0.15) is 15.9 Å². The lowest BCUT2D eigenvalue weighted by Gasteiger charge is -2.16. The van der Waals surface area contributed by atoms with Gasteiger partial charge < -0.3 is 4.74 Å². The van der Waals surface area contributed by atoms with Gasteiger partial charge in [-0.15, -0.1) is 0 Å². The van der Waals surface area contributed by atoms with E-state index in [0.717, 1.165) is 22.3 Å². The second kappa shape index (κ2) is 7.45. The Bertz CT molecular complexity index is 868. The Hall–Kier alpha value is -2.71. The third kappa shape index (κ3) is 3.70. The first-order chi connectivity index (χ1) is 12.1. The summed E-state index contributed by atoms with van der Waals surface area (Å²) in [6.45, 7) is 0. The maximum atomic E-state index is 12.5. The summed E-state index contributed by atoms with van der Waals surface area (Å²) in [4.78, 5) is 29.3. The number of hydrogen-bond acceptors (Lipinski definition) is 6. The van der Waals surface area contributed by atoms with Crippen LogP contribution in [0.2, 0.25) is 0 Å². The number of para-hydroxylation sites is 1. The van der Waals surface area contributed by atoms with Gasteiger partial charge >= 0.3 is 0 Å². The maximum Gasteiger partial charge on any atom is 0.285 e. The van der Waals surface area contributed by atoms with Crippen molar-refractivity contribution in [2.24, 2.45) is 0 Å². The summed E-state index contributed by atoms with van der Waals surface area (Å²) in [6.07, 6.45) is 4.97. The van der Waals surface area contributed by atoms with Gasteiger partial charge in [0.15, 0.2) is 4.32 Å². The summed E-state index contributed by atoms with van der Waals surface area (Å²) in [5.74, 6) is -0.438. The average Bonchev–Trinajstić information content (AvgIpc) is 2.90. The topological polar surface area (TPSA) is 71.5 Å². The van der Waals surface area contributed by atoms with Crippen molar-refractivity contribution in [3.8, 4) is 5.75 Å². The van der Waals surface area contributed by atoms with E-state index in [1.807, 2.05) is 0 Å². The number of thioether (sulfide) groups is 1. The van der Waals surface area contributed by atoms with Crippen LogP contribution < -0.4 is 10.2 Å². The average molecular weight is 371 g/mol. The zero-order valence-electron chi connectivity index (χ0n) is 13.1. The van der Waals surface area contributed by atoms with E-state index < -0.39 is 5.91 Å². The van der Waals surface area contributed by atoms with E-state index in [0.29, 0.717) is 16.2 Å². The van der Waals surface area contributed by atoms with Crippen LogP contribution in [-0.4, -0.2) is 33.2 Å². The van der Waals surface area contributed by atoms with E-state index in [1.165, 1.54) is 7.11 Å². The molecule has 2 aromatic rings. The highest BCUT2D eigenvalue weighted by Gasteiger charge is 2.34. The fraction of sp³-hybridized carbons (Fsp3) is 0.0588. The minimum atomic E-state index is -0.473. The van der Waals surface area contributed by atoms with Gasteiger partial charge in [-0.1, -0.05) is 23.9 Å². The first-order valence-corrected chi connectivity index (χ1v) is 8.44. The molecule has 0 atom stereocenters. The Kier molecular flexibility index (Phi) is 5.11. The number of carbonyl (C=O) groups is 2. The van der Waals surface area contributed by atoms with Gasteiger partial charge in [0, 0.05) is 12.4 Å². The highest BCUT2D eigenvalue weighted by molar-refractivity contribution is 8.26. The van der Waals surface area contributed by atoms with Crippen molar-refractivity contribution in [2.45, 2.75) is 0 Å². The second-order valence-corrected chi connectivity index (χ2v) is 6.61. The fourth-order valence-electron chi connectivity index (χ4n) is 2.17. The molecule has 0 saturated carbocycles. The van der Waals surface area contributed by atoms with Gasteiger partial charge in [-0.25, -0.2) is 0 Å². The molecule has 0 spiro atoms. The molecule has 1 aliphatic heterocycles. The van der Waals surface area contributed by atoms with Gasteiger partial charge in [0.05, 0.1) is 17.6 Å². The number of pyridine rings is 1. The third-order valence-corrected chi connectivity index (χ3v) is 4.66. The number of hydrazine groups is 1. The minimum absolute atomic E-state index is 0.258. The van der Waals surface area contributed by atoms with Crippen LogP contribution in [-0.2, 0) is 4.79 Å². The van der Waals surface area contributed by atoms with Gasteiger partial charge in [-0.05, 0) is 48.1 Å². The fourth-order valence-corrected chi connectivity index (χ4v) is 3.35. The molecule has 1 aromatic carbocycles. The summed E-state index contributed by atoms with van der Waals surface area (Å²) in [6, 6.07) is 10.3. The Labute approximate surface area is 153 Å². The standard InChI is InChI=1S/C17H13N3O3S2/c1-23-13-5-3-2-4-12(13)15(21)19-20-16(22)14(25-17(20)24)10-11-6-8-18-9-7-11/h2-10H,1H3,(H,19,21)/b14-10-. The van der Waals surface area contributed by atoms with Crippen LogP contribution >= 0.6 is 24.0 Å². The van der Waals surface area contributed by atoms with E-state index in [2.05, 4.69) is 10.4 Å². The molecule has 0 unspecified atom stereocenters. The van der Waals surface area contributed by atoms with Crippen molar-refractivity contribution >= 4 is 46.2 Å². The van der Waals surface area contributed by atoms with Crippen molar-refractivity contribution in [3.63, 3.8) is 0 Å². The van der Waals surface area contributed by atoms with Gasteiger partial charge in [0.25, 0.3) is 11.8 Å². The molecular formula is C17H13N3O3S2. The summed E-state index contributed by atoms with van der Waals surface area (Å²) in [5.41, 5.74) is 3.68. The molecule has 1 fully saturated rings. The first-order valence-electron chi connectivity index (χ1n) is 7.22. The highest BCUT2D eigenvalue weighted by atomic mass is 32.2. The molecular weight excluding hydrogens is 358 g/mol. The summed E-state index contributed by atoms with van der Waals surface area (Å²) < 4.78 is 5.42. The van der Waals surface area contributed by atoms with Gasteiger partial charge in [0.1, 0.15) is 5.75 Å². The van der Waals surface area contributed by atoms with E-state index in [4.69, 9.17) is 17.0 Å². The van der Waals surface area contributed by atoms with Crippen LogP contribution in [0.5, 0.6) is 5.75 Å². The molecule has 2 amide bonds. The normalized spacial score (nSPS) is 15.6. The van der Waals surface area contributed by atoms with Crippen molar-refractivity contribution in [1.29, 1.82) is 0 Å². The second-order valence-electron chi connectivity index (χ2n) is 4.94. The van der Waals surface area contributed by atoms with Crippen LogP contribution in [0.15, 0.2) is 53.7 Å². The molecule has 1 N–H and O–H groups in total. The van der Waals surface area contributed by atoms with Crippen LogP contribution in [0.4, 0.5) is 0 Å². The number of rotatable bonds is 4. The Balaban J connectivity index is 1.79. The molecule has 6 nitrogen and oxygen atoms in total. The van der Waals surface area contributed by atoms with E-state index in [9.17, 15) is 9.59 Å². The maximum absolute atomic E-state index is 12.5. The van der Waals surface area contributed by atoms with Crippen molar-refractivity contribution in [1.82, 2.24) is 15.4 Å². The van der Waals surface area contributed by atoms with Gasteiger partial charge in [-0.3, -0.25) is 20.0 Å². The molecule has 1 saturated heterocycles. The molecule has 1 aromatic heterocycles. The number of amides is 2. The van der Waals surface area contributed by atoms with Crippen molar-refractivity contribution in [2.75, 3.05) is 7.11 Å². The Morgan fingerprint density at radius 1 is 1.28 bits per heavy atom. The molecule has 0 radical (unpaired) electrons. The van der Waals surface area contributed by atoms with E-state index >= 15 is 0 Å². The summed E-state index contributed by atoms with van der Waals surface area (Å²) in [5, 5.41) is 1.07. The Morgan fingerprint density at radius 2 is 2.00 bits per heavy atom. The zero-order chi connectivity index (χ0) is 17.8. The molecule has 3 rings (SSSR count). The first kappa shape index (κ1) is 17.1. The molecule has 126 valence electrons. The number of aromatic nitrogens is 1. The predicted molar refractivity (Wildman–Crippen MR) is 99.7 cm³/mol. The number of thiocarbonyl (C=S) groups is 1. The molecule has 1 aliphatic rings. The minimum Gasteiger partial charge on any atom is -0.496 e. The third-order valence-electron chi connectivity index (χ3n) is 3.36. The molecule has 25 heavy (non-hydrogen) atoms. The van der Waals surface area contributed by atoms with Crippen molar-refractivity contribution in [3.05, 3.63) is 64.8 Å². The van der Waals surface area contributed by atoms with Gasteiger partial charge in [-0.2, -0.15) is 5.01 Å². The van der Waals surface area contributed by atoms with Crippen molar-refractivity contribution < 1.29 is 14.3 Å². The molecule has 2 heterocycles. The number of nitrogens with zero attached hydrogens (tertiary/aromatic N) is 2. The number of ether oxygens (including phenoxy) is 1. The van der Waals surface area contributed by atoms with Crippen LogP contribution in [0.25, 0.3) is 6.08 Å². The number of methoxy groups -OCH3 is 1. The van der Waals surface area contributed by atoms with E-state index in [-0.39, 0.29) is 10.2 Å². The zero-order valence-corrected chi connectivity index (χ0v) is 14.8. The SMILES string of the molecule is COc1ccccc1C(=O)NN1C(=O)/C(=C/c2ccncc2)SC1=S. The largest absolute Gasteiger partial charge is 0.496 e. The number of benzene rings is 1. The Morgan fingerprint density at radius 3 is 2.72 bits per heavy atom. The molecule has 8 heteroatoms. The van der Waals surface area contributed by atoms with Crippen LogP contribution in [0, 0.1) is 0 Å². The lowest BCUT2D eigenvalue weighted by atomic mass is 10.2. The number of carbonyl (C=O) groups excluding carboxylic acids is 2. The summed E-state index contributed by atoms with van der Waals surface area (Å²) >= 11 is 6.34.